The van der Waals surface area contributed by atoms with Gasteiger partial charge in [-0.05, 0) is 43.7 Å². The first-order valence-corrected chi connectivity index (χ1v) is 11.4. The van der Waals surface area contributed by atoms with E-state index in [9.17, 15) is 14.3 Å². The summed E-state index contributed by atoms with van der Waals surface area (Å²) in [5.41, 5.74) is 0.787. The zero-order valence-electron chi connectivity index (χ0n) is 20.1. The number of aromatic nitrogens is 7. The number of nitrogens with zero attached hydrogens (tertiary/aromatic N) is 7. The van der Waals surface area contributed by atoms with E-state index in [1.807, 2.05) is 18.2 Å². The molecule has 5 aromatic rings. The highest BCUT2D eigenvalue weighted by atomic mass is 19.1. The predicted molar refractivity (Wildman–Crippen MR) is 137 cm³/mol. The lowest BCUT2D eigenvalue weighted by atomic mass is 9.98. The van der Waals surface area contributed by atoms with Gasteiger partial charge >= 0.3 is 0 Å². The molecule has 11 heteroatoms. The second-order valence-electron chi connectivity index (χ2n) is 8.79. The van der Waals surface area contributed by atoms with Crippen LogP contribution in [0.2, 0.25) is 0 Å². The average molecular weight is 499 g/mol. The molecule has 10 nitrogen and oxygen atoms in total. The summed E-state index contributed by atoms with van der Waals surface area (Å²) in [6.07, 6.45) is 5.18. The molecular weight excluding hydrogens is 475 g/mol. The fraction of sp³-hybridized carbons (Fsp3) is 0.154. The first-order valence-electron chi connectivity index (χ1n) is 11.4. The topological polar surface area (TPSA) is 124 Å². The molecule has 1 aromatic carbocycles. The zero-order valence-corrected chi connectivity index (χ0v) is 20.1. The Morgan fingerprint density at radius 1 is 1.08 bits per heavy atom. The van der Waals surface area contributed by atoms with Gasteiger partial charge in [0.25, 0.3) is 5.56 Å². The molecular formula is C26H23FN8O2. The van der Waals surface area contributed by atoms with Crippen LogP contribution in [0.3, 0.4) is 0 Å². The highest BCUT2D eigenvalue weighted by Crippen LogP contribution is 2.25. The van der Waals surface area contributed by atoms with E-state index < -0.39 is 11.4 Å². The smallest absolute Gasteiger partial charge is 0.278 e. The fourth-order valence-electron chi connectivity index (χ4n) is 3.83. The van der Waals surface area contributed by atoms with Crippen LogP contribution in [0.1, 0.15) is 19.4 Å². The summed E-state index contributed by atoms with van der Waals surface area (Å²) < 4.78 is 16.3. The molecule has 0 aliphatic carbocycles. The Morgan fingerprint density at radius 2 is 1.84 bits per heavy atom. The molecule has 0 fully saturated rings. The molecule has 0 saturated heterocycles. The van der Waals surface area contributed by atoms with Gasteiger partial charge < -0.3 is 10.4 Å². The lowest BCUT2D eigenvalue weighted by Crippen LogP contribution is -2.22. The molecule has 4 heterocycles. The van der Waals surface area contributed by atoms with E-state index in [0.717, 1.165) is 18.0 Å². The van der Waals surface area contributed by atoms with Crippen molar-refractivity contribution in [2.75, 3.05) is 5.32 Å². The molecule has 0 aliphatic heterocycles. The first-order chi connectivity index (χ1) is 17.7. The molecule has 5 rings (SSSR count). The summed E-state index contributed by atoms with van der Waals surface area (Å²) in [6.45, 7) is 7.36. The van der Waals surface area contributed by atoms with Crippen molar-refractivity contribution in [1.29, 1.82) is 0 Å². The summed E-state index contributed by atoms with van der Waals surface area (Å²) in [5.74, 6) is 0.318. The van der Waals surface area contributed by atoms with Gasteiger partial charge in [-0.25, -0.2) is 33.7 Å². The van der Waals surface area contributed by atoms with Crippen LogP contribution in [-0.4, -0.2) is 39.4 Å². The summed E-state index contributed by atoms with van der Waals surface area (Å²) in [4.78, 5) is 34.8. The van der Waals surface area contributed by atoms with Gasteiger partial charge in [0.05, 0.1) is 24.5 Å². The average Bonchev–Trinajstić information content (AvgIpc) is 3.15. The Kier molecular flexibility index (Phi) is 6.06. The van der Waals surface area contributed by atoms with Crippen molar-refractivity contribution < 1.29 is 9.50 Å². The van der Waals surface area contributed by atoms with Crippen molar-refractivity contribution in [3.63, 3.8) is 0 Å². The molecule has 0 saturated carbocycles. The number of allylic oxidation sites excluding steroid dienone is 1. The molecule has 186 valence electrons. The molecule has 0 unspecified atom stereocenters. The number of nitrogens with one attached hydrogen (secondary N) is 1. The minimum absolute atomic E-state index is 0.199. The zero-order chi connectivity index (χ0) is 26.2. The highest BCUT2D eigenvalue weighted by molar-refractivity contribution is 5.77. The van der Waals surface area contributed by atoms with Crippen molar-refractivity contribution >= 4 is 22.7 Å². The third kappa shape index (κ3) is 4.71. The van der Waals surface area contributed by atoms with Crippen LogP contribution in [0.4, 0.5) is 16.0 Å². The summed E-state index contributed by atoms with van der Waals surface area (Å²) >= 11 is 0. The SMILES string of the molecule is C=CCn1c(=O)c2cnc(Nc3cccc(C(C)(C)O)c3)nc2n1-c1cccc(-c2ncc(F)cn2)n1. The van der Waals surface area contributed by atoms with Gasteiger partial charge in [0.15, 0.2) is 23.1 Å². The van der Waals surface area contributed by atoms with E-state index in [1.165, 1.54) is 10.9 Å². The van der Waals surface area contributed by atoms with Gasteiger partial charge in [-0.1, -0.05) is 24.3 Å². The van der Waals surface area contributed by atoms with Gasteiger partial charge in [0.2, 0.25) is 5.95 Å². The maximum absolute atomic E-state index is 13.3. The van der Waals surface area contributed by atoms with Gasteiger partial charge in [-0.15, -0.1) is 6.58 Å². The molecule has 0 atom stereocenters. The predicted octanol–water partition coefficient (Wildman–Crippen LogP) is 3.73. The number of anilines is 2. The lowest BCUT2D eigenvalue weighted by molar-refractivity contribution is 0.0786. The second-order valence-corrected chi connectivity index (χ2v) is 8.79. The van der Waals surface area contributed by atoms with Crippen LogP contribution in [0.25, 0.3) is 28.4 Å². The molecule has 4 aromatic heterocycles. The van der Waals surface area contributed by atoms with E-state index >= 15 is 0 Å². The van der Waals surface area contributed by atoms with Crippen molar-refractivity contribution in [1.82, 2.24) is 34.3 Å². The fourth-order valence-corrected chi connectivity index (χ4v) is 3.83. The Hall–Kier alpha value is -4.77. The van der Waals surface area contributed by atoms with Gasteiger partial charge in [-0.3, -0.25) is 4.79 Å². The normalized spacial score (nSPS) is 11.6. The second kappa shape index (κ2) is 9.36. The number of rotatable bonds is 7. The van der Waals surface area contributed by atoms with Crippen molar-refractivity contribution in [2.45, 2.75) is 26.0 Å². The van der Waals surface area contributed by atoms with Crippen molar-refractivity contribution in [3.05, 3.63) is 95.4 Å². The Labute approximate surface area is 210 Å². The third-order valence-electron chi connectivity index (χ3n) is 5.60. The molecule has 0 aliphatic rings. The number of hydrogen-bond acceptors (Lipinski definition) is 8. The van der Waals surface area contributed by atoms with E-state index in [4.69, 9.17) is 0 Å². The molecule has 0 amide bonds. The monoisotopic (exact) mass is 498 g/mol. The maximum atomic E-state index is 13.3. The summed E-state index contributed by atoms with van der Waals surface area (Å²) in [6, 6.07) is 12.4. The van der Waals surface area contributed by atoms with Crippen molar-refractivity contribution in [2.24, 2.45) is 0 Å². The van der Waals surface area contributed by atoms with Gasteiger partial charge in [-0.2, -0.15) is 4.98 Å². The van der Waals surface area contributed by atoms with E-state index in [0.29, 0.717) is 28.2 Å². The summed E-state index contributed by atoms with van der Waals surface area (Å²) in [5, 5.41) is 13.8. The Morgan fingerprint density at radius 3 is 2.57 bits per heavy atom. The quantitative estimate of drug-likeness (QED) is 0.325. The van der Waals surface area contributed by atoms with Crippen LogP contribution >= 0.6 is 0 Å². The molecule has 0 bridgehead atoms. The lowest BCUT2D eigenvalue weighted by Gasteiger charge is -2.18. The molecule has 0 spiro atoms. The van der Waals surface area contributed by atoms with Gasteiger partial charge in [0.1, 0.15) is 11.1 Å². The molecule has 37 heavy (non-hydrogen) atoms. The Balaban J connectivity index is 1.63. The minimum Gasteiger partial charge on any atom is -0.386 e. The van der Waals surface area contributed by atoms with Crippen LogP contribution < -0.4 is 10.9 Å². The minimum atomic E-state index is -1.02. The van der Waals surface area contributed by atoms with E-state index in [1.54, 1.807) is 48.9 Å². The maximum Gasteiger partial charge on any atom is 0.278 e. The molecule has 2 N–H and O–H groups in total. The van der Waals surface area contributed by atoms with E-state index in [-0.39, 0.29) is 23.9 Å². The van der Waals surface area contributed by atoms with E-state index in [2.05, 4.69) is 36.8 Å². The van der Waals surface area contributed by atoms with Crippen molar-refractivity contribution in [3.8, 4) is 17.3 Å². The van der Waals surface area contributed by atoms with Crippen LogP contribution in [0.15, 0.2) is 78.5 Å². The first kappa shape index (κ1) is 23.9. The van der Waals surface area contributed by atoms with Crippen LogP contribution in [-0.2, 0) is 12.1 Å². The summed E-state index contributed by atoms with van der Waals surface area (Å²) in [7, 11) is 0. The number of aliphatic hydroxyl groups is 1. The molecule has 0 radical (unpaired) electrons. The number of pyridine rings is 1. The largest absolute Gasteiger partial charge is 0.386 e. The number of hydrogen-bond donors (Lipinski definition) is 2. The van der Waals surface area contributed by atoms with Crippen LogP contribution in [0, 0.1) is 5.82 Å². The highest BCUT2D eigenvalue weighted by Gasteiger charge is 2.19. The number of fused-ring (bicyclic) bond motifs is 1. The third-order valence-corrected chi connectivity index (χ3v) is 5.60. The standard InChI is InChI=1S/C26H23FN8O2/c1-4-11-34-24(36)19-15-30-25(31-18-8-5-7-16(12-18)26(2,3)37)33-23(19)35(34)21-10-6-9-20(32-21)22-28-13-17(27)14-29-22/h4-10,12-15,37H,1,11H2,2-3H3,(H,30,31,33). The Bertz CT molecular complexity index is 1670. The van der Waals surface area contributed by atoms with Gasteiger partial charge in [0, 0.05) is 11.9 Å². The number of halogens is 1. The van der Waals surface area contributed by atoms with Crippen LogP contribution in [0.5, 0.6) is 0 Å². The number of benzene rings is 1.